The zero-order valence-electron chi connectivity index (χ0n) is 16.4. The number of aromatic nitrogens is 3. The molecule has 1 amide bonds. The number of hydrogen-bond acceptors (Lipinski definition) is 5. The van der Waals surface area contributed by atoms with E-state index in [0.29, 0.717) is 28.7 Å². The van der Waals surface area contributed by atoms with Gasteiger partial charge in [0.05, 0.1) is 23.3 Å². The molecule has 29 heavy (non-hydrogen) atoms. The van der Waals surface area contributed by atoms with Crippen molar-refractivity contribution in [2.24, 2.45) is 0 Å². The lowest BCUT2D eigenvalue weighted by molar-refractivity contribution is 0.102. The Morgan fingerprint density at radius 2 is 1.79 bits per heavy atom. The summed E-state index contributed by atoms with van der Waals surface area (Å²) in [6.07, 6.45) is 3.23. The van der Waals surface area contributed by atoms with E-state index in [1.807, 2.05) is 57.2 Å². The van der Waals surface area contributed by atoms with Gasteiger partial charge in [-0.2, -0.15) is 0 Å². The molecule has 0 aliphatic rings. The molecule has 0 radical (unpaired) electrons. The SMILES string of the molecule is Cc1coc(-c2cc(C(=O)Nc3cnc(C)nc3-c3ccccc3)ccc2C)n1. The maximum absolute atomic E-state index is 13.0. The van der Waals surface area contributed by atoms with Crippen molar-refractivity contribution >= 4 is 11.6 Å². The highest BCUT2D eigenvalue weighted by atomic mass is 16.3. The summed E-state index contributed by atoms with van der Waals surface area (Å²) in [7, 11) is 0. The molecule has 0 saturated heterocycles. The van der Waals surface area contributed by atoms with Crippen LogP contribution in [0.3, 0.4) is 0 Å². The second kappa shape index (κ2) is 7.67. The molecule has 6 nitrogen and oxygen atoms in total. The van der Waals surface area contributed by atoms with Crippen LogP contribution in [0.5, 0.6) is 0 Å². The van der Waals surface area contributed by atoms with Gasteiger partial charge >= 0.3 is 0 Å². The van der Waals surface area contributed by atoms with Crippen molar-refractivity contribution in [3.63, 3.8) is 0 Å². The average molecular weight is 384 g/mol. The minimum absolute atomic E-state index is 0.251. The molecule has 0 unspecified atom stereocenters. The fraction of sp³-hybridized carbons (Fsp3) is 0.130. The van der Waals surface area contributed by atoms with Crippen LogP contribution in [0, 0.1) is 20.8 Å². The topological polar surface area (TPSA) is 80.9 Å². The summed E-state index contributed by atoms with van der Waals surface area (Å²) in [4.78, 5) is 26.1. The van der Waals surface area contributed by atoms with E-state index in [2.05, 4.69) is 20.3 Å². The van der Waals surface area contributed by atoms with Gasteiger partial charge in [0, 0.05) is 16.7 Å². The van der Waals surface area contributed by atoms with Gasteiger partial charge in [0.1, 0.15) is 12.1 Å². The molecule has 0 aliphatic carbocycles. The molecule has 0 aliphatic heterocycles. The predicted octanol–water partition coefficient (Wildman–Crippen LogP) is 4.98. The van der Waals surface area contributed by atoms with Crippen molar-refractivity contribution in [3.05, 3.63) is 83.6 Å². The van der Waals surface area contributed by atoms with Crippen LogP contribution in [0.2, 0.25) is 0 Å². The van der Waals surface area contributed by atoms with E-state index in [1.165, 1.54) is 0 Å². The quantitative estimate of drug-likeness (QED) is 0.537. The lowest BCUT2D eigenvalue weighted by Crippen LogP contribution is -2.14. The predicted molar refractivity (Wildman–Crippen MR) is 112 cm³/mol. The number of rotatable bonds is 4. The monoisotopic (exact) mass is 384 g/mol. The second-order valence-electron chi connectivity index (χ2n) is 6.82. The van der Waals surface area contributed by atoms with Crippen LogP contribution in [0.4, 0.5) is 5.69 Å². The van der Waals surface area contributed by atoms with Crippen molar-refractivity contribution in [2.45, 2.75) is 20.8 Å². The zero-order valence-corrected chi connectivity index (χ0v) is 16.4. The third-order valence-corrected chi connectivity index (χ3v) is 4.55. The number of nitrogens with one attached hydrogen (secondary N) is 1. The molecule has 0 atom stereocenters. The van der Waals surface area contributed by atoms with E-state index in [1.54, 1.807) is 24.6 Å². The number of aryl methyl sites for hydroxylation is 3. The smallest absolute Gasteiger partial charge is 0.255 e. The van der Waals surface area contributed by atoms with Crippen LogP contribution >= 0.6 is 0 Å². The summed E-state index contributed by atoms with van der Waals surface area (Å²) < 4.78 is 5.51. The van der Waals surface area contributed by atoms with Crippen molar-refractivity contribution in [1.29, 1.82) is 0 Å². The van der Waals surface area contributed by atoms with Gasteiger partial charge in [-0.05, 0) is 38.5 Å². The highest BCUT2D eigenvalue weighted by Crippen LogP contribution is 2.27. The number of anilines is 1. The summed E-state index contributed by atoms with van der Waals surface area (Å²) in [6, 6.07) is 15.2. The van der Waals surface area contributed by atoms with E-state index >= 15 is 0 Å². The molecule has 0 fully saturated rings. The van der Waals surface area contributed by atoms with E-state index in [4.69, 9.17) is 4.42 Å². The number of benzene rings is 2. The number of carbonyl (C=O) groups is 1. The minimum atomic E-state index is -0.251. The molecule has 2 heterocycles. The Bertz CT molecular complexity index is 1180. The van der Waals surface area contributed by atoms with Crippen LogP contribution in [0.15, 0.2) is 65.4 Å². The fourth-order valence-electron chi connectivity index (χ4n) is 3.04. The highest BCUT2D eigenvalue weighted by Gasteiger charge is 2.16. The Morgan fingerprint density at radius 3 is 2.52 bits per heavy atom. The van der Waals surface area contributed by atoms with Crippen molar-refractivity contribution in [2.75, 3.05) is 5.32 Å². The van der Waals surface area contributed by atoms with E-state index in [-0.39, 0.29) is 5.91 Å². The van der Waals surface area contributed by atoms with Gasteiger partial charge in [-0.15, -0.1) is 0 Å². The Balaban J connectivity index is 1.67. The Labute approximate surface area is 168 Å². The summed E-state index contributed by atoms with van der Waals surface area (Å²) >= 11 is 0. The molecule has 4 aromatic rings. The van der Waals surface area contributed by atoms with Gasteiger partial charge in [0.2, 0.25) is 5.89 Å². The van der Waals surface area contributed by atoms with Gasteiger partial charge in [0.25, 0.3) is 5.91 Å². The van der Waals surface area contributed by atoms with Crippen LogP contribution in [-0.4, -0.2) is 20.9 Å². The number of oxazole rings is 1. The first-order chi connectivity index (χ1) is 14.0. The third kappa shape index (κ3) is 3.91. The second-order valence-corrected chi connectivity index (χ2v) is 6.82. The van der Waals surface area contributed by atoms with E-state index < -0.39 is 0 Å². The molecular formula is C23H20N4O2. The minimum Gasteiger partial charge on any atom is -0.444 e. The normalized spacial score (nSPS) is 10.7. The molecule has 0 saturated carbocycles. The van der Waals surface area contributed by atoms with Crippen LogP contribution in [-0.2, 0) is 0 Å². The standard InChI is InChI=1S/C23H20N4O2/c1-14-9-10-18(11-19(14)23-25-15(2)13-29-23)22(28)27-20-12-24-16(3)26-21(20)17-7-5-4-6-8-17/h4-13H,1-3H3,(H,27,28). The first-order valence-electron chi connectivity index (χ1n) is 9.25. The maximum Gasteiger partial charge on any atom is 0.255 e. The fourth-order valence-corrected chi connectivity index (χ4v) is 3.04. The van der Waals surface area contributed by atoms with E-state index in [9.17, 15) is 4.79 Å². The van der Waals surface area contributed by atoms with Gasteiger partial charge < -0.3 is 9.73 Å². The number of carbonyl (C=O) groups excluding carboxylic acids is 1. The summed E-state index contributed by atoms with van der Waals surface area (Å²) in [6.45, 7) is 5.64. The zero-order chi connectivity index (χ0) is 20.4. The maximum atomic E-state index is 13.0. The molecular weight excluding hydrogens is 364 g/mol. The van der Waals surface area contributed by atoms with Crippen LogP contribution < -0.4 is 5.32 Å². The third-order valence-electron chi connectivity index (χ3n) is 4.55. The van der Waals surface area contributed by atoms with Crippen molar-refractivity contribution in [1.82, 2.24) is 15.0 Å². The molecule has 2 aromatic carbocycles. The van der Waals surface area contributed by atoms with Gasteiger partial charge in [0.15, 0.2) is 0 Å². The first kappa shape index (κ1) is 18.6. The molecule has 2 aromatic heterocycles. The van der Waals surface area contributed by atoms with E-state index in [0.717, 1.165) is 22.4 Å². The first-order valence-corrected chi connectivity index (χ1v) is 9.25. The lowest BCUT2D eigenvalue weighted by Gasteiger charge is -2.12. The van der Waals surface area contributed by atoms with Gasteiger partial charge in [-0.3, -0.25) is 4.79 Å². The average Bonchev–Trinajstić information content (AvgIpc) is 3.16. The van der Waals surface area contributed by atoms with Gasteiger partial charge in [-0.1, -0.05) is 36.4 Å². The molecule has 1 N–H and O–H groups in total. The molecule has 0 spiro atoms. The molecule has 144 valence electrons. The van der Waals surface area contributed by atoms with Gasteiger partial charge in [-0.25, -0.2) is 15.0 Å². The number of nitrogens with zero attached hydrogens (tertiary/aromatic N) is 3. The van der Waals surface area contributed by atoms with Crippen LogP contribution in [0.25, 0.3) is 22.7 Å². The molecule has 0 bridgehead atoms. The lowest BCUT2D eigenvalue weighted by atomic mass is 10.0. The summed E-state index contributed by atoms with van der Waals surface area (Å²) in [5.74, 6) is 0.885. The van der Waals surface area contributed by atoms with Crippen molar-refractivity contribution in [3.8, 4) is 22.7 Å². The Morgan fingerprint density at radius 1 is 1.00 bits per heavy atom. The summed E-state index contributed by atoms with van der Waals surface area (Å²) in [5, 5.41) is 2.94. The van der Waals surface area contributed by atoms with Crippen molar-refractivity contribution < 1.29 is 9.21 Å². The largest absolute Gasteiger partial charge is 0.444 e. The highest BCUT2D eigenvalue weighted by molar-refractivity contribution is 6.06. The van der Waals surface area contributed by atoms with Crippen LogP contribution in [0.1, 0.15) is 27.4 Å². The Hall–Kier alpha value is -3.80. The number of amides is 1. The number of hydrogen-bond donors (Lipinski definition) is 1. The molecule has 4 rings (SSSR count). The Kier molecular flexibility index (Phi) is 4.91. The molecule has 6 heteroatoms. The summed E-state index contributed by atoms with van der Waals surface area (Å²) in [5.41, 5.74) is 5.21.